The third-order valence-electron chi connectivity index (χ3n) is 4.92. The zero-order valence-electron chi connectivity index (χ0n) is 18.3. The van der Waals surface area contributed by atoms with E-state index in [0.29, 0.717) is 18.6 Å². The fourth-order valence-corrected chi connectivity index (χ4v) is 4.62. The van der Waals surface area contributed by atoms with Gasteiger partial charge in [0.1, 0.15) is 23.8 Å². The van der Waals surface area contributed by atoms with E-state index in [2.05, 4.69) is 10.1 Å². The van der Waals surface area contributed by atoms with Gasteiger partial charge in [-0.25, -0.2) is 9.88 Å². The fourth-order valence-electron chi connectivity index (χ4n) is 3.19. The van der Waals surface area contributed by atoms with Crippen molar-refractivity contribution in [2.24, 2.45) is 5.92 Å². The maximum atomic E-state index is 12.2. The maximum Gasteiger partial charge on any atom is 0.351 e. The van der Waals surface area contributed by atoms with E-state index in [4.69, 9.17) is 24.3 Å². The average Bonchev–Trinajstić information content (AvgIpc) is 3.24. The number of nitrogens with two attached hydrogens (primary N) is 1. The molecule has 11 heteroatoms. The van der Waals surface area contributed by atoms with Gasteiger partial charge in [0.2, 0.25) is 0 Å². The molecule has 0 saturated carbocycles. The molecular formula is C21H29N4O6P. The molecule has 2 heterocycles. The van der Waals surface area contributed by atoms with Gasteiger partial charge in [0.25, 0.3) is 0 Å². The second kappa shape index (κ2) is 11.4. The standard InChI is InChI=1S/C21H29N4O6P/c1-14(2)19(20(26)28-3)24-32(31-15-7-5-4-6-8-15)29-13-16-9-10-18(30-16)25-12-11-17(22)23-21(25)27/h4-8,11-12,14,16,18-19,24H,9-10,13H2,1-3H3,(H2,22,23,27). The quantitative estimate of drug-likeness (QED) is 0.403. The lowest BCUT2D eigenvalue weighted by molar-refractivity contribution is -0.143. The SMILES string of the molecule is COC(=O)C(NP(OCC1CCC(n2ccc(N)nc2=O)O1)Oc1ccccc1)C(C)C. The minimum absolute atomic E-state index is 0.0348. The first-order valence-corrected chi connectivity index (χ1v) is 11.5. The van der Waals surface area contributed by atoms with Gasteiger partial charge in [0.15, 0.2) is 0 Å². The number of hydrogen-bond acceptors (Lipinski definition) is 9. The Balaban J connectivity index is 1.64. The Morgan fingerprint density at radius 2 is 2.06 bits per heavy atom. The van der Waals surface area contributed by atoms with Crippen LogP contribution in [0.1, 0.15) is 32.9 Å². The van der Waals surface area contributed by atoms with Crippen LogP contribution in [0.5, 0.6) is 5.75 Å². The van der Waals surface area contributed by atoms with Crippen LogP contribution in [0.2, 0.25) is 0 Å². The van der Waals surface area contributed by atoms with Crippen molar-refractivity contribution >= 4 is 20.3 Å². The van der Waals surface area contributed by atoms with Crippen molar-refractivity contribution in [3.05, 3.63) is 53.1 Å². The van der Waals surface area contributed by atoms with Crippen molar-refractivity contribution in [1.82, 2.24) is 14.6 Å². The van der Waals surface area contributed by atoms with Gasteiger partial charge in [-0.3, -0.25) is 9.36 Å². The Hall–Kier alpha value is -2.52. The number of rotatable bonds is 10. The first-order valence-electron chi connectivity index (χ1n) is 10.4. The van der Waals surface area contributed by atoms with Crippen LogP contribution < -0.4 is 21.0 Å². The molecule has 2 aromatic rings. The Labute approximate surface area is 188 Å². The summed E-state index contributed by atoms with van der Waals surface area (Å²) in [4.78, 5) is 28.0. The minimum Gasteiger partial charge on any atom is -0.468 e. The Bertz CT molecular complexity index is 941. The monoisotopic (exact) mass is 464 g/mol. The first kappa shape index (κ1) is 24.1. The molecule has 0 bridgehead atoms. The van der Waals surface area contributed by atoms with Gasteiger partial charge in [-0.05, 0) is 37.0 Å². The predicted molar refractivity (Wildman–Crippen MR) is 120 cm³/mol. The van der Waals surface area contributed by atoms with E-state index in [9.17, 15) is 9.59 Å². The van der Waals surface area contributed by atoms with E-state index >= 15 is 0 Å². The molecule has 1 aliphatic heterocycles. The van der Waals surface area contributed by atoms with Crippen molar-refractivity contribution in [1.29, 1.82) is 0 Å². The Morgan fingerprint density at radius 1 is 1.31 bits per heavy atom. The van der Waals surface area contributed by atoms with Gasteiger partial charge in [0.05, 0.1) is 19.8 Å². The van der Waals surface area contributed by atoms with Crippen LogP contribution in [-0.4, -0.2) is 41.4 Å². The highest BCUT2D eigenvalue weighted by molar-refractivity contribution is 7.45. The molecule has 0 amide bonds. The summed E-state index contributed by atoms with van der Waals surface area (Å²) in [5.41, 5.74) is 5.10. The molecule has 0 radical (unpaired) electrons. The van der Waals surface area contributed by atoms with Crippen molar-refractivity contribution < 1.29 is 23.3 Å². The average molecular weight is 464 g/mol. The van der Waals surface area contributed by atoms with E-state index in [1.165, 1.54) is 11.7 Å². The molecule has 174 valence electrons. The fraction of sp³-hybridized carbons (Fsp3) is 0.476. The Morgan fingerprint density at radius 3 is 2.72 bits per heavy atom. The minimum atomic E-state index is -1.67. The smallest absolute Gasteiger partial charge is 0.351 e. The van der Waals surface area contributed by atoms with Crippen LogP contribution in [0.3, 0.4) is 0 Å². The molecule has 4 unspecified atom stereocenters. The summed E-state index contributed by atoms with van der Waals surface area (Å²) >= 11 is 0. The van der Waals surface area contributed by atoms with Gasteiger partial charge in [0, 0.05) is 6.20 Å². The number of aromatic nitrogens is 2. The van der Waals surface area contributed by atoms with Gasteiger partial charge in [-0.2, -0.15) is 4.98 Å². The number of nitrogen functional groups attached to an aromatic ring is 1. The van der Waals surface area contributed by atoms with E-state index in [1.807, 2.05) is 44.2 Å². The highest BCUT2D eigenvalue weighted by atomic mass is 31.2. The molecule has 0 aliphatic carbocycles. The number of benzene rings is 1. The third-order valence-corrected chi connectivity index (χ3v) is 6.17. The van der Waals surface area contributed by atoms with E-state index < -0.39 is 26.5 Å². The lowest BCUT2D eigenvalue weighted by atomic mass is 10.1. The summed E-state index contributed by atoms with van der Waals surface area (Å²) in [7, 11) is -0.322. The summed E-state index contributed by atoms with van der Waals surface area (Å²) in [5, 5.41) is 3.15. The summed E-state index contributed by atoms with van der Waals surface area (Å²) in [6, 6.07) is 10.2. The van der Waals surface area contributed by atoms with Crippen LogP contribution in [-0.2, 0) is 18.8 Å². The highest BCUT2D eigenvalue weighted by Gasteiger charge is 2.32. The molecule has 3 rings (SSSR count). The number of ether oxygens (including phenoxy) is 2. The summed E-state index contributed by atoms with van der Waals surface area (Å²) in [6.07, 6.45) is 2.24. The molecule has 1 aromatic heterocycles. The Kier molecular flexibility index (Phi) is 8.58. The zero-order chi connectivity index (χ0) is 23.1. The number of anilines is 1. The zero-order valence-corrected chi connectivity index (χ0v) is 19.2. The van der Waals surface area contributed by atoms with Crippen molar-refractivity contribution in [2.45, 2.75) is 45.1 Å². The molecule has 1 aliphatic rings. The molecule has 1 aromatic carbocycles. The van der Waals surface area contributed by atoms with Crippen molar-refractivity contribution in [3.8, 4) is 5.75 Å². The number of carbonyl (C=O) groups excluding carboxylic acids is 1. The molecule has 3 N–H and O–H groups in total. The molecule has 1 saturated heterocycles. The second-order valence-corrected chi connectivity index (χ2v) is 8.88. The highest BCUT2D eigenvalue weighted by Crippen LogP contribution is 2.38. The summed E-state index contributed by atoms with van der Waals surface area (Å²) in [6.45, 7) is 4.05. The number of para-hydroxylation sites is 1. The topological polar surface area (TPSA) is 127 Å². The lowest BCUT2D eigenvalue weighted by Gasteiger charge is -2.26. The molecule has 32 heavy (non-hydrogen) atoms. The molecule has 1 fully saturated rings. The lowest BCUT2D eigenvalue weighted by Crippen LogP contribution is -2.40. The first-order chi connectivity index (χ1) is 15.4. The van der Waals surface area contributed by atoms with Crippen LogP contribution in [0.25, 0.3) is 0 Å². The summed E-state index contributed by atoms with van der Waals surface area (Å²) in [5.74, 6) is 0.361. The van der Waals surface area contributed by atoms with Crippen LogP contribution in [0.15, 0.2) is 47.4 Å². The third kappa shape index (κ3) is 6.49. The summed E-state index contributed by atoms with van der Waals surface area (Å²) < 4.78 is 24.3. The number of carbonyl (C=O) groups is 1. The molecule has 10 nitrogen and oxygen atoms in total. The van der Waals surface area contributed by atoms with E-state index in [1.54, 1.807) is 12.3 Å². The largest absolute Gasteiger partial charge is 0.468 e. The van der Waals surface area contributed by atoms with Crippen molar-refractivity contribution in [2.75, 3.05) is 19.5 Å². The van der Waals surface area contributed by atoms with Crippen molar-refractivity contribution in [3.63, 3.8) is 0 Å². The van der Waals surface area contributed by atoms with Gasteiger partial charge in [-0.15, -0.1) is 0 Å². The predicted octanol–water partition coefficient (Wildman–Crippen LogP) is 2.61. The number of hydrogen-bond donors (Lipinski definition) is 2. The number of esters is 1. The second-order valence-electron chi connectivity index (χ2n) is 7.66. The van der Waals surface area contributed by atoms with E-state index in [0.717, 1.165) is 0 Å². The maximum absolute atomic E-state index is 12.2. The normalized spacial score (nSPS) is 20.1. The van der Waals surface area contributed by atoms with Crippen LogP contribution >= 0.6 is 8.53 Å². The number of nitrogens with zero attached hydrogens (tertiary/aromatic N) is 2. The van der Waals surface area contributed by atoms with Gasteiger partial charge < -0.3 is 24.3 Å². The molecular weight excluding hydrogens is 435 g/mol. The van der Waals surface area contributed by atoms with Gasteiger partial charge in [-0.1, -0.05) is 32.0 Å². The van der Waals surface area contributed by atoms with Gasteiger partial charge >= 0.3 is 20.2 Å². The van der Waals surface area contributed by atoms with Crippen LogP contribution in [0, 0.1) is 5.92 Å². The molecule has 4 atom stereocenters. The molecule has 0 spiro atoms. The van der Waals surface area contributed by atoms with E-state index in [-0.39, 0.29) is 30.4 Å². The number of nitrogens with one attached hydrogen (secondary N) is 1. The van der Waals surface area contributed by atoms with Crippen LogP contribution in [0.4, 0.5) is 5.82 Å². The number of methoxy groups -OCH3 is 1.